The van der Waals surface area contributed by atoms with E-state index >= 15 is 0 Å². The first kappa shape index (κ1) is 17.0. The SMILES string of the molecule is O=C(NCC[C@H]1CCCO1)[C@H](c1ccccc1)N1CCCCC1=O. The summed E-state index contributed by atoms with van der Waals surface area (Å²) in [6, 6.07) is 9.07. The topological polar surface area (TPSA) is 58.6 Å². The molecule has 2 saturated heterocycles. The summed E-state index contributed by atoms with van der Waals surface area (Å²) in [5.41, 5.74) is 0.877. The molecule has 2 fully saturated rings. The molecule has 2 atom stereocenters. The predicted octanol–water partition coefficient (Wildman–Crippen LogP) is 2.43. The summed E-state index contributed by atoms with van der Waals surface area (Å²) < 4.78 is 5.60. The molecular weight excluding hydrogens is 304 g/mol. The van der Waals surface area contributed by atoms with Gasteiger partial charge in [-0.1, -0.05) is 30.3 Å². The van der Waals surface area contributed by atoms with Crippen LogP contribution in [0.1, 0.15) is 50.1 Å². The van der Waals surface area contributed by atoms with Crippen LogP contribution >= 0.6 is 0 Å². The van der Waals surface area contributed by atoms with E-state index in [4.69, 9.17) is 4.74 Å². The van der Waals surface area contributed by atoms with Crippen molar-refractivity contribution in [1.29, 1.82) is 0 Å². The van der Waals surface area contributed by atoms with Crippen LogP contribution in [0.4, 0.5) is 0 Å². The Balaban J connectivity index is 1.66. The number of nitrogens with zero attached hydrogens (tertiary/aromatic N) is 1. The maximum absolute atomic E-state index is 12.8. The third-order valence-corrected chi connectivity index (χ3v) is 4.82. The highest BCUT2D eigenvalue weighted by Crippen LogP contribution is 2.26. The highest BCUT2D eigenvalue weighted by atomic mass is 16.5. The van der Waals surface area contributed by atoms with E-state index < -0.39 is 6.04 Å². The van der Waals surface area contributed by atoms with Gasteiger partial charge in [0.25, 0.3) is 0 Å². The molecule has 1 N–H and O–H groups in total. The summed E-state index contributed by atoms with van der Waals surface area (Å²) in [5, 5.41) is 3.01. The van der Waals surface area contributed by atoms with E-state index in [-0.39, 0.29) is 17.9 Å². The van der Waals surface area contributed by atoms with Crippen molar-refractivity contribution in [2.45, 2.75) is 50.7 Å². The van der Waals surface area contributed by atoms with E-state index in [0.29, 0.717) is 19.5 Å². The standard InChI is InChI=1S/C19H26N2O3/c22-17-10-4-5-13-21(17)18(15-7-2-1-3-8-15)19(23)20-12-11-16-9-6-14-24-16/h1-3,7-8,16,18H,4-6,9-14H2,(H,20,23)/t16-,18+/m1/s1. The van der Waals surface area contributed by atoms with Crippen molar-refractivity contribution in [1.82, 2.24) is 10.2 Å². The number of ether oxygens (including phenoxy) is 1. The molecule has 5 heteroatoms. The molecule has 0 aliphatic carbocycles. The molecule has 0 spiro atoms. The van der Waals surface area contributed by atoms with Crippen molar-refractivity contribution in [3.63, 3.8) is 0 Å². The Bertz CT molecular complexity index is 555. The molecule has 2 aliphatic rings. The van der Waals surface area contributed by atoms with Gasteiger partial charge in [0.1, 0.15) is 6.04 Å². The number of piperidine rings is 1. The molecule has 1 aromatic rings. The number of carbonyl (C=O) groups is 2. The maximum Gasteiger partial charge on any atom is 0.247 e. The number of benzene rings is 1. The fraction of sp³-hybridized carbons (Fsp3) is 0.579. The van der Waals surface area contributed by atoms with E-state index in [1.165, 1.54) is 0 Å². The van der Waals surface area contributed by atoms with Gasteiger partial charge in [-0.2, -0.15) is 0 Å². The van der Waals surface area contributed by atoms with Crippen LogP contribution in [0.5, 0.6) is 0 Å². The Labute approximate surface area is 143 Å². The second-order valence-corrected chi connectivity index (χ2v) is 6.57. The normalized spacial score (nSPS) is 22.4. The number of rotatable bonds is 6. The minimum Gasteiger partial charge on any atom is -0.378 e. The lowest BCUT2D eigenvalue weighted by atomic mass is 10.0. The summed E-state index contributed by atoms with van der Waals surface area (Å²) in [6.45, 7) is 2.07. The molecule has 2 amide bonds. The summed E-state index contributed by atoms with van der Waals surface area (Å²) in [6.07, 6.45) is 5.68. The van der Waals surface area contributed by atoms with Crippen molar-refractivity contribution in [2.75, 3.05) is 19.7 Å². The van der Waals surface area contributed by atoms with Crippen LogP contribution in [-0.2, 0) is 14.3 Å². The molecular formula is C19H26N2O3. The van der Waals surface area contributed by atoms with Gasteiger partial charge < -0.3 is 15.0 Å². The number of nitrogens with one attached hydrogen (secondary N) is 1. The predicted molar refractivity (Wildman–Crippen MR) is 91.3 cm³/mol. The minimum absolute atomic E-state index is 0.0735. The molecule has 2 aliphatic heterocycles. The van der Waals surface area contributed by atoms with Crippen LogP contribution in [0.25, 0.3) is 0 Å². The van der Waals surface area contributed by atoms with Crippen LogP contribution in [-0.4, -0.2) is 42.5 Å². The van der Waals surface area contributed by atoms with Crippen LogP contribution in [0, 0.1) is 0 Å². The second kappa shape index (κ2) is 8.29. The number of hydrogen-bond acceptors (Lipinski definition) is 3. The molecule has 3 rings (SSSR count). The summed E-state index contributed by atoms with van der Waals surface area (Å²) >= 11 is 0. The van der Waals surface area contributed by atoms with Gasteiger partial charge in [-0.25, -0.2) is 0 Å². The van der Waals surface area contributed by atoms with Crippen LogP contribution < -0.4 is 5.32 Å². The smallest absolute Gasteiger partial charge is 0.247 e. The van der Waals surface area contributed by atoms with Gasteiger partial charge >= 0.3 is 0 Å². The first-order valence-corrected chi connectivity index (χ1v) is 8.99. The highest BCUT2D eigenvalue weighted by Gasteiger charge is 2.32. The summed E-state index contributed by atoms with van der Waals surface area (Å²) in [4.78, 5) is 26.9. The third kappa shape index (κ3) is 4.15. The molecule has 0 bridgehead atoms. The molecule has 130 valence electrons. The van der Waals surface area contributed by atoms with Gasteiger partial charge in [0, 0.05) is 26.1 Å². The first-order chi connectivity index (χ1) is 11.8. The summed E-state index contributed by atoms with van der Waals surface area (Å²) in [5.74, 6) is -0.0150. The Morgan fingerprint density at radius 1 is 1.25 bits per heavy atom. The van der Waals surface area contributed by atoms with Crippen LogP contribution in [0.15, 0.2) is 30.3 Å². The molecule has 0 saturated carbocycles. The Morgan fingerprint density at radius 2 is 2.08 bits per heavy atom. The zero-order chi connectivity index (χ0) is 16.8. The van der Waals surface area contributed by atoms with Crippen LogP contribution in [0.2, 0.25) is 0 Å². The first-order valence-electron chi connectivity index (χ1n) is 8.99. The second-order valence-electron chi connectivity index (χ2n) is 6.57. The fourth-order valence-electron chi connectivity index (χ4n) is 3.53. The average Bonchev–Trinajstić information content (AvgIpc) is 3.11. The fourth-order valence-corrected chi connectivity index (χ4v) is 3.53. The van der Waals surface area contributed by atoms with Gasteiger partial charge in [0.15, 0.2) is 0 Å². The van der Waals surface area contributed by atoms with Gasteiger partial charge in [0.05, 0.1) is 6.10 Å². The van der Waals surface area contributed by atoms with Crippen LogP contribution in [0.3, 0.4) is 0 Å². The highest BCUT2D eigenvalue weighted by molar-refractivity contribution is 5.89. The molecule has 1 aromatic carbocycles. The zero-order valence-corrected chi connectivity index (χ0v) is 14.1. The maximum atomic E-state index is 12.8. The van der Waals surface area contributed by atoms with Crippen molar-refractivity contribution in [2.24, 2.45) is 0 Å². The van der Waals surface area contributed by atoms with Crippen molar-refractivity contribution in [3.8, 4) is 0 Å². The van der Waals surface area contributed by atoms with Crippen molar-refractivity contribution >= 4 is 11.8 Å². The Hall–Kier alpha value is -1.88. The average molecular weight is 330 g/mol. The Kier molecular flexibility index (Phi) is 5.86. The Morgan fingerprint density at radius 3 is 2.79 bits per heavy atom. The van der Waals surface area contributed by atoms with Crippen molar-refractivity contribution < 1.29 is 14.3 Å². The number of hydrogen-bond donors (Lipinski definition) is 1. The molecule has 2 heterocycles. The van der Waals surface area contributed by atoms with E-state index in [1.54, 1.807) is 4.90 Å². The van der Waals surface area contributed by atoms with E-state index in [9.17, 15) is 9.59 Å². The number of amides is 2. The summed E-state index contributed by atoms with van der Waals surface area (Å²) in [7, 11) is 0. The van der Waals surface area contributed by atoms with Gasteiger partial charge in [0.2, 0.25) is 11.8 Å². The lowest BCUT2D eigenvalue weighted by molar-refractivity contribution is -0.142. The number of likely N-dealkylation sites (tertiary alicyclic amines) is 1. The van der Waals surface area contributed by atoms with E-state index in [2.05, 4.69) is 5.32 Å². The molecule has 0 unspecified atom stereocenters. The molecule has 0 radical (unpaired) electrons. The van der Waals surface area contributed by atoms with Gasteiger partial charge in [-0.05, 0) is 37.7 Å². The van der Waals surface area contributed by atoms with Gasteiger partial charge in [-0.3, -0.25) is 9.59 Å². The quantitative estimate of drug-likeness (QED) is 0.871. The van der Waals surface area contributed by atoms with Gasteiger partial charge in [-0.15, -0.1) is 0 Å². The zero-order valence-electron chi connectivity index (χ0n) is 14.1. The monoisotopic (exact) mass is 330 g/mol. The van der Waals surface area contributed by atoms with Crippen molar-refractivity contribution in [3.05, 3.63) is 35.9 Å². The largest absolute Gasteiger partial charge is 0.378 e. The third-order valence-electron chi connectivity index (χ3n) is 4.82. The lowest BCUT2D eigenvalue weighted by Crippen LogP contribution is -2.46. The van der Waals surface area contributed by atoms with E-state index in [0.717, 1.165) is 44.3 Å². The van der Waals surface area contributed by atoms with E-state index in [1.807, 2.05) is 30.3 Å². The lowest BCUT2D eigenvalue weighted by Gasteiger charge is -2.34. The molecule has 0 aromatic heterocycles. The molecule has 5 nitrogen and oxygen atoms in total. The minimum atomic E-state index is -0.525. The molecule has 24 heavy (non-hydrogen) atoms. The number of carbonyl (C=O) groups excluding carboxylic acids is 2.